The zero-order chi connectivity index (χ0) is 11.6. The van der Waals surface area contributed by atoms with Crippen LogP contribution in [-0.2, 0) is 0 Å². The van der Waals surface area contributed by atoms with E-state index in [0.717, 1.165) is 19.4 Å². The summed E-state index contributed by atoms with van der Waals surface area (Å²) in [6, 6.07) is 0.338. The van der Waals surface area contributed by atoms with Crippen LogP contribution in [0, 0.1) is 0 Å². The standard InChI is InChI=1S/C11H22N2O2/c1-8-9(6-5-7-12-8)13(10(14)15)11(2,3)4/h8-9,12H,5-7H2,1-4H3,(H,14,15)/t8-,9?/m1/s1. The second-order valence-electron chi connectivity index (χ2n) is 5.28. The van der Waals surface area contributed by atoms with E-state index < -0.39 is 6.09 Å². The third-order valence-corrected chi connectivity index (χ3v) is 2.98. The Hall–Kier alpha value is -0.770. The Labute approximate surface area is 91.6 Å². The van der Waals surface area contributed by atoms with Gasteiger partial charge in [-0.2, -0.15) is 0 Å². The lowest BCUT2D eigenvalue weighted by Crippen LogP contribution is -2.59. The number of carboxylic acid groups (broad SMARTS) is 1. The number of carbonyl (C=O) groups is 1. The second kappa shape index (κ2) is 4.39. The highest BCUT2D eigenvalue weighted by atomic mass is 16.4. The molecular formula is C11H22N2O2. The lowest BCUT2D eigenvalue weighted by molar-refractivity contribution is 0.0475. The van der Waals surface area contributed by atoms with Gasteiger partial charge in [0.05, 0.1) is 6.04 Å². The largest absolute Gasteiger partial charge is 0.465 e. The Morgan fingerprint density at radius 1 is 1.47 bits per heavy atom. The fourth-order valence-electron chi connectivity index (χ4n) is 2.31. The van der Waals surface area contributed by atoms with Gasteiger partial charge >= 0.3 is 6.09 Å². The number of piperidine rings is 1. The van der Waals surface area contributed by atoms with Gasteiger partial charge in [0.2, 0.25) is 0 Å². The van der Waals surface area contributed by atoms with Crippen LogP contribution in [0.2, 0.25) is 0 Å². The molecule has 0 aliphatic carbocycles. The number of rotatable bonds is 1. The summed E-state index contributed by atoms with van der Waals surface area (Å²) in [6.45, 7) is 8.90. The zero-order valence-electron chi connectivity index (χ0n) is 10.1. The van der Waals surface area contributed by atoms with Gasteiger partial charge in [0.15, 0.2) is 0 Å². The van der Waals surface area contributed by atoms with E-state index in [-0.39, 0.29) is 17.6 Å². The van der Waals surface area contributed by atoms with Crippen LogP contribution in [0.1, 0.15) is 40.5 Å². The minimum Gasteiger partial charge on any atom is -0.465 e. The second-order valence-corrected chi connectivity index (χ2v) is 5.28. The average Bonchev–Trinajstić information content (AvgIpc) is 2.05. The van der Waals surface area contributed by atoms with E-state index >= 15 is 0 Å². The normalized spacial score (nSPS) is 27.5. The highest BCUT2D eigenvalue weighted by molar-refractivity contribution is 5.66. The van der Waals surface area contributed by atoms with Crippen molar-refractivity contribution in [2.45, 2.75) is 58.2 Å². The first-order chi connectivity index (χ1) is 6.84. The summed E-state index contributed by atoms with van der Waals surface area (Å²) in [4.78, 5) is 12.9. The zero-order valence-corrected chi connectivity index (χ0v) is 10.1. The van der Waals surface area contributed by atoms with Gasteiger partial charge in [-0.15, -0.1) is 0 Å². The van der Waals surface area contributed by atoms with Crippen LogP contribution in [0.4, 0.5) is 4.79 Å². The molecule has 0 aromatic heterocycles. The van der Waals surface area contributed by atoms with Gasteiger partial charge in [-0.3, -0.25) is 4.90 Å². The third-order valence-electron chi connectivity index (χ3n) is 2.98. The minimum absolute atomic E-state index is 0.0937. The Bertz CT molecular complexity index is 235. The number of hydrogen-bond acceptors (Lipinski definition) is 2. The summed E-state index contributed by atoms with van der Waals surface area (Å²) in [7, 11) is 0. The van der Waals surface area contributed by atoms with E-state index in [1.807, 2.05) is 20.8 Å². The molecule has 0 aromatic rings. The van der Waals surface area contributed by atoms with Crippen molar-refractivity contribution in [2.75, 3.05) is 6.54 Å². The lowest BCUT2D eigenvalue weighted by atomic mass is 9.93. The molecule has 2 atom stereocenters. The first-order valence-corrected chi connectivity index (χ1v) is 5.59. The van der Waals surface area contributed by atoms with E-state index in [9.17, 15) is 9.90 Å². The number of amides is 1. The molecule has 1 unspecified atom stereocenters. The number of hydrogen-bond donors (Lipinski definition) is 2. The molecule has 0 aromatic carbocycles. The topological polar surface area (TPSA) is 52.6 Å². The van der Waals surface area contributed by atoms with Crippen molar-refractivity contribution < 1.29 is 9.90 Å². The monoisotopic (exact) mass is 214 g/mol. The molecule has 0 radical (unpaired) electrons. The number of nitrogens with one attached hydrogen (secondary N) is 1. The molecule has 2 N–H and O–H groups in total. The maximum absolute atomic E-state index is 11.3. The van der Waals surface area contributed by atoms with Crippen molar-refractivity contribution in [2.24, 2.45) is 0 Å². The van der Waals surface area contributed by atoms with Crippen LogP contribution >= 0.6 is 0 Å². The van der Waals surface area contributed by atoms with Crippen molar-refractivity contribution in [3.05, 3.63) is 0 Å². The molecular weight excluding hydrogens is 192 g/mol. The van der Waals surface area contributed by atoms with E-state index in [1.165, 1.54) is 0 Å². The molecule has 0 bridgehead atoms. The van der Waals surface area contributed by atoms with E-state index in [2.05, 4.69) is 12.2 Å². The van der Waals surface area contributed by atoms with Crippen molar-refractivity contribution in [1.82, 2.24) is 10.2 Å². The molecule has 1 fully saturated rings. The maximum atomic E-state index is 11.3. The molecule has 1 saturated heterocycles. The van der Waals surface area contributed by atoms with Gasteiger partial charge in [0, 0.05) is 11.6 Å². The summed E-state index contributed by atoms with van der Waals surface area (Å²) >= 11 is 0. The minimum atomic E-state index is -0.817. The molecule has 15 heavy (non-hydrogen) atoms. The van der Waals surface area contributed by atoms with Crippen LogP contribution in [-0.4, -0.2) is 40.3 Å². The molecule has 1 aliphatic heterocycles. The van der Waals surface area contributed by atoms with Crippen LogP contribution in [0.25, 0.3) is 0 Å². The van der Waals surface area contributed by atoms with Crippen LogP contribution < -0.4 is 5.32 Å². The molecule has 1 rings (SSSR count). The quantitative estimate of drug-likeness (QED) is 0.701. The lowest BCUT2D eigenvalue weighted by Gasteiger charge is -2.44. The van der Waals surface area contributed by atoms with Crippen LogP contribution in [0.3, 0.4) is 0 Å². The molecule has 1 amide bonds. The Balaban J connectivity index is 2.83. The fourth-order valence-corrected chi connectivity index (χ4v) is 2.31. The Morgan fingerprint density at radius 2 is 2.07 bits per heavy atom. The van der Waals surface area contributed by atoms with E-state index in [0.29, 0.717) is 0 Å². The maximum Gasteiger partial charge on any atom is 0.408 e. The molecule has 88 valence electrons. The predicted molar refractivity (Wildman–Crippen MR) is 60.1 cm³/mol. The van der Waals surface area contributed by atoms with Crippen molar-refractivity contribution in [3.8, 4) is 0 Å². The van der Waals surface area contributed by atoms with Crippen molar-refractivity contribution in [3.63, 3.8) is 0 Å². The molecule has 1 heterocycles. The SMILES string of the molecule is C[C@H]1NCCCC1N(C(=O)O)C(C)(C)C. The van der Waals surface area contributed by atoms with Gasteiger partial charge in [-0.25, -0.2) is 4.79 Å². The average molecular weight is 214 g/mol. The fraction of sp³-hybridized carbons (Fsp3) is 0.909. The van der Waals surface area contributed by atoms with Gasteiger partial charge in [0.25, 0.3) is 0 Å². The van der Waals surface area contributed by atoms with Crippen LogP contribution in [0.15, 0.2) is 0 Å². The van der Waals surface area contributed by atoms with Crippen molar-refractivity contribution >= 4 is 6.09 Å². The van der Waals surface area contributed by atoms with Crippen molar-refractivity contribution in [1.29, 1.82) is 0 Å². The third kappa shape index (κ3) is 2.84. The van der Waals surface area contributed by atoms with Gasteiger partial charge in [0.1, 0.15) is 0 Å². The summed E-state index contributed by atoms with van der Waals surface area (Å²) in [5.74, 6) is 0. The summed E-state index contributed by atoms with van der Waals surface area (Å²) in [5.41, 5.74) is -0.330. The first kappa shape index (κ1) is 12.3. The summed E-state index contributed by atoms with van der Waals surface area (Å²) < 4.78 is 0. The van der Waals surface area contributed by atoms with Crippen LogP contribution in [0.5, 0.6) is 0 Å². The van der Waals surface area contributed by atoms with E-state index in [1.54, 1.807) is 4.90 Å². The highest BCUT2D eigenvalue weighted by Crippen LogP contribution is 2.24. The van der Waals surface area contributed by atoms with Gasteiger partial charge in [-0.1, -0.05) is 0 Å². The predicted octanol–water partition coefficient (Wildman–Crippen LogP) is 1.91. The summed E-state index contributed by atoms with van der Waals surface area (Å²) in [6.07, 6.45) is 1.19. The number of nitrogens with zero attached hydrogens (tertiary/aromatic N) is 1. The Kier molecular flexibility index (Phi) is 3.60. The van der Waals surface area contributed by atoms with Gasteiger partial charge in [-0.05, 0) is 47.1 Å². The Morgan fingerprint density at radius 3 is 2.47 bits per heavy atom. The molecule has 1 aliphatic rings. The van der Waals surface area contributed by atoms with E-state index in [4.69, 9.17) is 0 Å². The highest BCUT2D eigenvalue weighted by Gasteiger charge is 2.36. The molecule has 4 heteroatoms. The smallest absolute Gasteiger partial charge is 0.408 e. The molecule has 0 saturated carbocycles. The first-order valence-electron chi connectivity index (χ1n) is 5.59. The molecule has 4 nitrogen and oxygen atoms in total. The van der Waals surface area contributed by atoms with Gasteiger partial charge < -0.3 is 10.4 Å². The molecule has 0 spiro atoms. The summed E-state index contributed by atoms with van der Waals surface area (Å²) in [5, 5.41) is 12.6.